The first-order valence-corrected chi connectivity index (χ1v) is 6.74. The van der Waals surface area contributed by atoms with Crippen LogP contribution in [0.2, 0.25) is 0 Å². The first-order chi connectivity index (χ1) is 8.73. The molecule has 1 saturated heterocycles. The largest absolute Gasteiger partial charge is 0.494 e. The second kappa shape index (κ2) is 5.72. The Hall–Kier alpha value is -1.06. The number of hydrogen-bond acceptors (Lipinski definition) is 3. The third-order valence-electron chi connectivity index (χ3n) is 4.00. The fourth-order valence-corrected chi connectivity index (χ4v) is 2.63. The first kappa shape index (κ1) is 13.4. The molecule has 0 saturated carbocycles. The second-order valence-electron chi connectivity index (χ2n) is 5.08. The molecule has 0 aliphatic carbocycles. The Kier molecular flexibility index (Phi) is 4.25. The van der Waals surface area contributed by atoms with E-state index in [-0.39, 0.29) is 5.41 Å². The minimum absolute atomic E-state index is 0.157. The van der Waals surface area contributed by atoms with E-state index in [0.717, 1.165) is 31.9 Å². The van der Waals surface area contributed by atoms with Gasteiger partial charge in [-0.3, -0.25) is 0 Å². The van der Waals surface area contributed by atoms with E-state index >= 15 is 0 Å². The van der Waals surface area contributed by atoms with E-state index in [1.807, 2.05) is 19.1 Å². The van der Waals surface area contributed by atoms with Crippen LogP contribution in [0.25, 0.3) is 0 Å². The van der Waals surface area contributed by atoms with Gasteiger partial charge in [-0.15, -0.1) is 0 Å². The van der Waals surface area contributed by atoms with Crippen LogP contribution in [-0.2, 0) is 10.2 Å². The van der Waals surface area contributed by atoms with Gasteiger partial charge in [-0.2, -0.15) is 0 Å². The molecule has 2 rings (SSSR count). The van der Waals surface area contributed by atoms with Crippen molar-refractivity contribution in [2.45, 2.75) is 25.7 Å². The first-order valence-electron chi connectivity index (χ1n) is 6.74. The third-order valence-corrected chi connectivity index (χ3v) is 4.00. The molecule has 1 aromatic carbocycles. The zero-order valence-electron chi connectivity index (χ0n) is 11.3. The van der Waals surface area contributed by atoms with E-state index in [1.54, 1.807) is 0 Å². The van der Waals surface area contributed by atoms with Crippen molar-refractivity contribution in [3.8, 4) is 5.75 Å². The van der Waals surface area contributed by atoms with E-state index < -0.39 is 0 Å². The molecule has 0 aromatic heterocycles. The maximum absolute atomic E-state index is 5.69. The molecule has 18 heavy (non-hydrogen) atoms. The van der Waals surface area contributed by atoms with Gasteiger partial charge in [0.25, 0.3) is 0 Å². The summed E-state index contributed by atoms with van der Waals surface area (Å²) in [6, 6.07) is 8.43. The Morgan fingerprint density at radius 2 is 2.00 bits per heavy atom. The minimum Gasteiger partial charge on any atom is -0.494 e. The lowest BCUT2D eigenvalue weighted by Gasteiger charge is -2.46. The lowest BCUT2D eigenvalue weighted by molar-refractivity contribution is -0.0883. The lowest BCUT2D eigenvalue weighted by atomic mass is 9.68. The Bertz CT molecular complexity index is 371. The number of hydrogen-bond donors (Lipinski definition) is 1. The summed E-state index contributed by atoms with van der Waals surface area (Å²) in [6.45, 7) is 7.33. The number of nitrogens with two attached hydrogens (primary N) is 1. The molecular formula is C15H23NO2. The van der Waals surface area contributed by atoms with Gasteiger partial charge in [-0.1, -0.05) is 19.1 Å². The summed E-state index contributed by atoms with van der Waals surface area (Å²) in [5, 5.41) is 0. The quantitative estimate of drug-likeness (QED) is 0.841. The summed E-state index contributed by atoms with van der Waals surface area (Å²) in [7, 11) is 0. The van der Waals surface area contributed by atoms with E-state index in [9.17, 15) is 0 Å². The zero-order valence-corrected chi connectivity index (χ0v) is 11.3. The van der Waals surface area contributed by atoms with Crippen LogP contribution in [-0.4, -0.2) is 26.4 Å². The topological polar surface area (TPSA) is 44.5 Å². The zero-order chi connectivity index (χ0) is 13.0. The molecular weight excluding hydrogens is 226 g/mol. The molecule has 0 spiro atoms. The van der Waals surface area contributed by atoms with Crippen LogP contribution in [0.15, 0.2) is 24.3 Å². The predicted molar refractivity (Wildman–Crippen MR) is 72.9 cm³/mol. The SMILES string of the molecule is CCOc1ccc(C2(C(C)CCN)COC2)cc1. The summed E-state index contributed by atoms with van der Waals surface area (Å²) in [4.78, 5) is 0. The van der Waals surface area contributed by atoms with Crippen LogP contribution in [0.1, 0.15) is 25.8 Å². The van der Waals surface area contributed by atoms with Gasteiger partial charge in [-0.05, 0) is 43.5 Å². The van der Waals surface area contributed by atoms with Crippen molar-refractivity contribution in [2.24, 2.45) is 11.7 Å². The molecule has 1 aromatic rings. The Morgan fingerprint density at radius 1 is 1.33 bits per heavy atom. The average Bonchev–Trinajstić information content (AvgIpc) is 2.30. The average molecular weight is 249 g/mol. The Labute approximate surface area is 109 Å². The third kappa shape index (κ3) is 2.38. The summed E-state index contributed by atoms with van der Waals surface area (Å²) in [5.41, 5.74) is 7.19. The summed E-state index contributed by atoms with van der Waals surface area (Å²) >= 11 is 0. The highest BCUT2D eigenvalue weighted by Crippen LogP contribution is 2.41. The highest BCUT2D eigenvalue weighted by Gasteiger charge is 2.44. The molecule has 1 aliphatic rings. The Balaban J connectivity index is 2.16. The standard InChI is InChI=1S/C15H23NO2/c1-3-18-14-6-4-13(5-7-14)15(10-17-11-15)12(2)8-9-16/h4-7,12H,3,8-11,16H2,1-2H3. The normalized spacial score (nSPS) is 19.1. The molecule has 1 fully saturated rings. The van der Waals surface area contributed by atoms with E-state index in [0.29, 0.717) is 12.5 Å². The van der Waals surface area contributed by atoms with Gasteiger partial charge in [0.15, 0.2) is 0 Å². The van der Waals surface area contributed by atoms with Crippen molar-refractivity contribution >= 4 is 0 Å². The fourth-order valence-electron chi connectivity index (χ4n) is 2.63. The summed E-state index contributed by atoms with van der Waals surface area (Å²) in [5.74, 6) is 1.48. The van der Waals surface area contributed by atoms with Gasteiger partial charge in [0, 0.05) is 5.41 Å². The summed E-state index contributed by atoms with van der Waals surface area (Å²) < 4.78 is 10.9. The molecule has 3 heteroatoms. The molecule has 3 nitrogen and oxygen atoms in total. The molecule has 2 N–H and O–H groups in total. The van der Waals surface area contributed by atoms with Gasteiger partial charge in [0.2, 0.25) is 0 Å². The van der Waals surface area contributed by atoms with Crippen LogP contribution >= 0.6 is 0 Å². The van der Waals surface area contributed by atoms with Crippen molar-refractivity contribution in [2.75, 3.05) is 26.4 Å². The fraction of sp³-hybridized carbons (Fsp3) is 0.600. The molecule has 1 aliphatic heterocycles. The molecule has 0 bridgehead atoms. The van der Waals surface area contributed by atoms with E-state index in [1.165, 1.54) is 5.56 Å². The van der Waals surface area contributed by atoms with Crippen molar-refractivity contribution in [1.29, 1.82) is 0 Å². The van der Waals surface area contributed by atoms with Crippen molar-refractivity contribution in [3.05, 3.63) is 29.8 Å². The van der Waals surface area contributed by atoms with Crippen LogP contribution in [0.3, 0.4) is 0 Å². The molecule has 1 unspecified atom stereocenters. The monoisotopic (exact) mass is 249 g/mol. The van der Waals surface area contributed by atoms with Crippen molar-refractivity contribution in [1.82, 2.24) is 0 Å². The highest BCUT2D eigenvalue weighted by atomic mass is 16.5. The highest BCUT2D eigenvalue weighted by molar-refractivity contribution is 5.34. The molecule has 1 heterocycles. The molecule has 0 radical (unpaired) electrons. The van der Waals surface area contributed by atoms with Gasteiger partial charge in [-0.25, -0.2) is 0 Å². The van der Waals surface area contributed by atoms with Crippen molar-refractivity contribution in [3.63, 3.8) is 0 Å². The maximum atomic E-state index is 5.69. The second-order valence-corrected chi connectivity index (χ2v) is 5.08. The maximum Gasteiger partial charge on any atom is 0.119 e. The predicted octanol–water partition coefficient (Wildman–Crippen LogP) is 2.34. The lowest BCUT2D eigenvalue weighted by Crippen LogP contribution is -2.52. The smallest absolute Gasteiger partial charge is 0.119 e. The van der Waals surface area contributed by atoms with Crippen LogP contribution in [0.5, 0.6) is 5.75 Å². The van der Waals surface area contributed by atoms with Gasteiger partial charge in [0.1, 0.15) is 5.75 Å². The molecule has 1 atom stereocenters. The Morgan fingerprint density at radius 3 is 2.44 bits per heavy atom. The number of ether oxygens (including phenoxy) is 2. The molecule has 100 valence electrons. The van der Waals surface area contributed by atoms with Crippen LogP contribution in [0, 0.1) is 5.92 Å². The van der Waals surface area contributed by atoms with Crippen LogP contribution in [0.4, 0.5) is 0 Å². The van der Waals surface area contributed by atoms with Crippen molar-refractivity contribution < 1.29 is 9.47 Å². The van der Waals surface area contributed by atoms with Gasteiger partial charge >= 0.3 is 0 Å². The minimum atomic E-state index is 0.157. The van der Waals surface area contributed by atoms with Gasteiger partial charge < -0.3 is 15.2 Å². The van der Waals surface area contributed by atoms with Gasteiger partial charge in [0.05, 0.1) is 19.8 Å². The number of rotatable bonds is 6. The number of benzene rings is 1. The van der Waals surface area contributed by atoms with Crippen LogP contribution < -0.4 is 10.5 Å². The van der Waals surface area contributed by atoms with E-state index in [2.05, 4.69) is 19.1 Å². The van der Waals surface area contributed by atoms with E-state index in [4.69, 9.17) is 15.2 Å². The molecule has 0 amide bonds. The summed E-state index contributed by atoms with van der Waals surface area (Å²) in [6.07, 6.45) is 1.04.